The van der Waals surface area contributed by atoms with Crippen LogP contribution in [0.1, 0.15) is 61.0 Å². The van der Waals surface area contributed by atoms with E-state index in [0.29, 0.717) is 24.6 Å². The second kappa shape index (κ2) is 9.44. The van der Waals surface area contributed by atoms with Crippen molar-refractivity contribution in [3.8, 4) is 22.5 Å². The van der Waals surface area contributed by atoms with Crippen LogP contribution in [0.4, 0.5) is 0 Å². The van der Waals surface area contributed by atoms with Gasteiger partial charge in [-0.1, -0.05) is 67.8 Å². The number of aromatic nitrogens is 7. The minimum absolute atomic E-state index is 0.0814. The Hall–Kier alpha value is -3.68. The van der Waals surface area contributed by atoms with Gasteiger partial charge < -0.3 is 0 Å². The number of hydrogen-bond acceptors (Lipinski definition) is 6. The number of nitrogens with zero attached hydrogens (tertiary/aromatic N) is 6. The molecule has 0 amide bonds. The molecule has 168 valence electrons. The molecule has 8 nitrogen and oxygen atoms in total. The van der Waals surface area contributed by atoms with Crippen molar-refractivity contribution in [1.82, 2.24) is 35.4 Å². The quantitative estimate of drug-likeness (QED) is 0.424. The van der Waals surface area contributed by atoms with E-state index in [0.717, 1.165) is 53.8 Å². The second-order valence-corrected chi connectivity index (χ2v) is 8.52. The zero-order chi connectivity index (χ0) is 22.6. The monoisotopic (exact) mass is 441 g/mol. The van der Waals surface area contributed by atoms with E-state index in [1.807, 2.05) is 29.8 Å². The van der Waals surface area contributed by atoms with Crippen molar-refractivity contribution < 1.29 is 4.79 Å². The van der Waals surface area contributed by atoms with Gasteiger partial charge in [0.05, 0.1) is 0 Å². The highest BCUT2D eigenvalue weighted by Gasteiger charge is 2.26. The van der Waals surface area contributed by atoms with Crippen LogP contribution in [-0.2, 0) is 13.0 Å². The van der Waals surface area contributed by atoms with E-state index in [1.54, 1.807) is 0 Å². The Morgan fingerprint density at radius 3 is 2.48 bits per heavy atom. The maximum Gasteiger partial charge on any atom is 0.217 e. The Balaban J connectivity index is 1.36. The summed E-state index contributed by atoms with van der Waals surface area (Å²) in [6.45, 7) is 2.72. The molecular weight excluding hydrogens is 414 g/mol. The lowest BCUT2D eigenvalue weighted by Crippen LogP contribution is -2.19. The summed E-state index contributed by atoms with van der Waals surface area (Å²) < 4.78 is 1.86. The molecule has 5 rings (SSSR count). The van der Waals surface area contributed by atoms with Gasteiger partial charge in [0.25, 0.3) is 0 Å². The third-order valence-electron chi connectivity index (χ3n) is 6.38. The Kier molecular flexibility index (Phi) is 6.06. The molecule has 33 heavy (non-hydrogen) atoms. The Morgan fingerprint density at radius 2 is 1.79 bits per heavy atom. The number of aryl methyl sites for hydroxylation is 1. The van der Waals surface area contributed by atoms with Crippen molar-refractivity contribution >= 4 is 5.78 Å². The first-order valence-corrected chi connectivity index (χ1v) is 11.6. The molecule has 8 heteroatoms. The SMILES string of the molecule is CCn1nc(C(=O)C2CCCCC2)nc1Cc1ccc(-c2ccccc2-c2nn[nH]n2)cc1. The van der Waals surface area contributed by atoms with Crippen LogP contribution < -0.4 is 0 Å². The molecule has 1 saturated carbocycles. The van der Waals surface area contributed by atoms with Gasteiger partial charge in [0.15, 0.2) is 0 Å². The molecule has 0 radical (unpaired) electrons. The van der Waals surface area contributed by atoms with Gasteiger partial charge in [0.1, 0.15) is 5.82 Å². The third-order valence-corrected chi connectivity index (χ3v) is 6.38. The number of nitrogens with one attached hydrogen (secondary N) is 1. The predicted octanol–water partition coefficient (Wildman–Crippen LogP) is 4.50. The summed E-state index contributed by atoms with van der Waals surface area (Å²) in [6.07, 6.45) is 6.02. The third kappa shape index (κ3) is 4.46. The zero-order valence-electron chi connectivity index (χ0n) is 18.7. The normalized spacial score (nSPS) is 14.5. The number of Topliss-reactive ketones (excluding diaryl/α,β-unsaturated/α-hetero) is 1. The van der Waals surface area contributed by atoms with Gasteiger partial charge >= 0.3 is 0 Å². The topological polar surface area (TPSA) is 102 Å². The highest BCUT2D eigenvalue weighted by molar-refractivity contribution is 5.94. The van der Waals surface area contributed by atoms with Gasteiger partial charge in [-0.3, -0.25) is 4.79 Å². The van der Waals surface area contributed by atoms with Crippen LogP contribution in [0.25, 0.3) is 22.5 Å². The van der Waals surface area contributed by atoms with Gasteiger partial charge in [0.2, 0.25) is 17.4 Å². The van der Waals surface area contributed by atoms with Crippen LogP contribution in [0.5, 0.6) is 0 Å². The predicted molar refractivity (Wildman–Crippen MR) is 124 cm³/mol. The first-order valence-electron chi connectivity index (χ1n) is 11.6. The highest BCUT2D eigenvalue weighted by Crippen LogP contribution is 2.30. The van der Waals surface area contributed by atoms with Crippen molar-refractivity contribution in [2.24, 2.45) is 5.92 Å². The van der Waals surface area contributed by atoms with E-state index >= 15 is 0 Å². The fourth-order valence-electron chi connectivity index (χ4n) is 4.60. The second-order valence-electron chi connectivity index (χ2n) is 8.52. The molecule has 0 unspecified atom stereocenters. The molecule has 1 aliphatic carbocycles. The molecule has 1 aliphatic rings. The minimum atomic E-state index is 0.0814. The van der Waals surface area contributed by atoms with Crippen LogP contribution in [0.3, 0.4) is 0 Å². The van der Waals surface area contributed by atoms with E-state index in [4.69, 9.17) is 0 Å². The lowest BCUT2D eigenvalue weighted by molar-refractivity contribution is 0.0878. The number of rotatable bonds is 7. The summed E-state index contributed by atoms with van der Waals surface area (Å²) in [4.78, 5) is 17.6. The van der Waals surface area contributed by atoms with Gasteiger partial charge in [0, 0.05) is 24.4 Å². The zero-order valence-corrected chi connectivity index (χ0v) is 18.7. The molecule has 0 spiro atoms. The number of H-pyrrole nitrogens is 1. The summed E-state index contributed by atoms with van der Waals surface area (Å²) in [5.41, 5.74) is 4.16. The Bertz CT molecular complexity index is 1220. The van der Waals surface area contributed by atoms with Gasteiger partial charge in [-0.15, -0.1) is 15.3 Å². The minimum Gasteiger partial charge on any atom is -0.290 e. The average Bonchev–Trinajstić information content (AvgIpc) is 3.55. The summed E-state index contributed by atoms with van der Waals surface area (Å²) >= 11 is 0. The molecule has 2 heterocycles. The molecule has 1 fully saturated rings. The smallest absolute Gasteiger partial charge is 0.217 e. The van der Waals surface area contributed by atoms with Crippen molar-refractivity contribution in [2.75, 3.05) is 0 Å². The molecule has 0 aliphatic heterocycles. The molecule has 0 bridgehead atoms. The van der Waals surface area contributed by atoms with E-state index in [1.165, 1.54) is 6.42 Å². The number of benzene rings is 2. The van der Waals surface area contributed by atoms with Crippen molar-refractivity contribution in [3.05, 3.63) is 65.7 Å². The van der Waals surface area contributed by atoms with Crippen LogP contribution in [0, 0.1) is 5.92 Å². The van der Waals surface area contributed by atoms with Crippen LogP contribution in [0.2, 0.25) is 0 Å². The highest BCUT2D eigenvalue weighted by atomic mass is 16.1. The summed E-state index contributed by atoms with van der Waals surface area (Å²) in [5, 5.41) is 19.0. The summed E-state index contributed by atoms with van der Waals surface area (Å²) in [6, 6.07) is 16.4. The lowest BCUT2D eigenvalue weighted by atomic mass is 9.86. The van der Waals surface area contributed by atoms with Gasteiger partial charge in [-0.2, -0.15) is 5.21 Å². The average molecular weight is 442 g/mol. The first-order chi connectivity index (χ1) is 16.2. The van der Waals surface area contributed by atoms with E-state index < -0.39 is 0 Å². The summed E-state index contributed by atoms with van der Waals surface area (Å²) in [7, 11) is 0. The number of hydrogen-bond donors (Lipinski definition) is 1. The van der Waals surface area contributed by atoms with Crippen LogP contribution in [0.15, 0.2) is 48.5 Å². The molecule has 0 atom stereocenters. The fourth-order valence-corrected chi connectivity index (χ4v) is 4.60. The standard InChI is InChI=1S/C25H27N7O/c1-2-32-22(26-25(29-32)23(33)19-8-4-3-5-9-19)16-17-12-14-18(15-13-17)20-10-6-7-11-21(20)24-27-30-31-28-24/h6-7,10-15,19H,2-5,8-9,16H2,1H3,(H,27,28,30,31). The lowest BCUT2D eigenvalue weighted by Gasteiger charge is -2.18. The summed E-state index contributed by atoms with van der Waals surface area (Å²) in [5.74, 6) is 1.97. The van der Waals surface area contributed by atoms with Crippen molar-refractivity contribution in [3.63, 3.8) is 0 Å². The number of tetrazole rings is 1. The number of ketones is 1. The molecule has 4 aromatic rings. The largest absolute Gasteiger partial charge is 0.290 e. The number of carbonyl (C=O) groups excluding carboxylic acids is 1. The number of aromatic amines is 1. The maximum atomic E-state index is 12.9. The van der Waals surface area contributed by atoms with Gasteiger partial charge in [-0.25, -0.2) is 9.67 Å². The fraction of sp³-hybridized carbons (Fsp3) is 0.360. The Morgan fingerprint density at radius 1 is 1.03 bits per heavy atom. The van der Waals surface area contributed by atoms with E-state index in [2.05, 4.69) is 61.0 Å². The Labute approximate surface area is 192 Å². The van der Waals surface area contributed by atoms with Crippen molar-refractivity contribution in [2.45, 2.75) is 52.0 Å². The maximum absolute atomic E-state index is 12.9. The first kappa shape index (κ1) is 21.2. The van der Waals surface area contributed by atoms with Gasteiger partial charge in [-0.05, 0) is 41.7 Å². The van der Waals surface area contributed by atoms with Crippen LogP contribution in [-0.4, -0.2) is 41.2 Å². The van der Waals surface area contributed by atoms with Crippen LogP contribution >= 0.6 is 0 Å². The molecule has 0 saturated heterocycles. The molecule has 2 aromatic heterocycles. The van der Waals surface area contributed by atoms with Crippen molar-refractivity contribution in [1.29, 1.82) is 0 Å². The molecule has 1 N–H and O–H groups in total. The number of carbonyl (C=O) groups is 1. The molecule has 2 aromatic carbocycles. The van der Waals surface area contributed by atoms with E-state index in [9.17, 15) is 4.79 Å². The van der Waals surface area contributed by atoms with E-state index in [-0.39, 0.29) is 11.7 Å². The molecular formula is C25H27N7O.